The van der Waals surface area contributed by atoms with Crippen LogP contribution in [0.15, 0.2) is 60.7 Å². The van der Waals surface area contributed by atoms with Gasteiger partial charge in [0.1, 0.15) is 0 Å². The number of rotatable bonds is 59. The Morgan fingerprint density at radius 3 is 0.960 bits per heavy atom. The average molecular weight is 1410 g/mol. The summed E-state index contributed by atoms with van der Waals surface area (Å²) in [4.78, 5) is 98.9. The molecule has 0 spiro atoms. The highest BCUT2D eigenvalue weighted by atomic mass is 16.6. The molecule has 0 unspecified atom stereocenters. The van der Waals surface area contributed by atoms with Gasteiger partial charge in [-0.2, -0.15) is 0 Å². The summed E-state index contributed by atoms with van der Waals surface area (Å²) in [6.07, 6.45) is 2.91. The molecule has 550 valence electrons. The normalized spacial score (nSPS) is 11.9. The fourth-order valence-corrected chi connectivity index (χ4v) is 8.49. The largest absolute Gasteiger partial charge is 0.379 e. The number of ether oxygens (including phenoxy) is 12. The topological polar surface area (TPSA) is 426 Å². The summed E-state index contributed by atoms with van der Waals surface area (Å²) in [5.74, 6) is -0.481. The third kappa shape index (κ3) is 39.4. The monoisotopic (exact) mass is 1410 g/mol. The molecular formula is C65H95N15O20. The van der Waals surface area contributed by atoms with Gasteiger partial charge in [0, 0.05) is 88.2 Å². The van der Waals surface area contributed by atoms with Crippen LogP contribution < -0.4 is 31.9 Å². The summed E-state index contributed by atoms with van der Waals surface area (Å²) < 4.78 is 66.9. The molecule has 35 heteroatoms. The van der Waals surface area contributed by atoms with Crippen molar-refractivity contribution >= 4 is 47.3 Å². The van der Waals surface area contributed by atoms with Gasteiger partial charge in [0.2, 0.25) is 47.1 Å². The van der Waals surface area contributed by atoms with E-state index in [9.17, 15) is 38.4 Å². The number of amides is 8. The van der Waals surface area contributed by atoms with Crippen LogP contribution in [0.3, 0.4) is 0 Å². The van der Waals surface area contributed by atoms with Crippen LogP contribution in [0.25, 0.3) is 22.8 Å². The lowest BCUT2D eigenvalue weighted by molar-refractivity contribution is -0.137. The number of nitrogens with one attached hydrogen (secondary N) is 6. The maximum Gasteiger partial charge on any atom is 0.253 e. The van der Waals surface area contributed by atoms with E-state index in [1.807, 2.05) is 48.5 Å². The molecule has 3 heterocycles. The molecule has 8 amide bonds. The molecule has 0 saturated carbocycles. The first-order chi connectivity index (χ1) is 48.8. The molecule has 2 aromatic carbocycles. The first kappa shape index (κ1) is 82.2. The predicted molar refractivity (Wildman–Crippen MR) is 354 cm³/mol. The van der Waals surface area contributed by atoms with Crippen LogP contribution in [0.2, 0.25) is 0 Å². The summed E-state index contributed by atoms with van der Waals surface area (Å²) in [7, 11) is 0. The highest BCUT2D eigenvalue weighted by molar-refractivity contribution is 6.13. The molecule has 5 rings (SSSR count). The number of hydrogen-bond acceptors (Lipinski definition) is 28. The van der Waals surface area contributed by atoms with Gasteiger partial charge < -0.3 is 88.7 Å². The van der Waals surface area contributed by atoms with E-state index in [4.69, 9.17) is 56.8 Å². The van der Waals surface area contributed by atoms with Crippen LogP contribution in [0.1, 0.15) is 48.5 Å². The number of carbonyl (C=O) groups excluding carboxylic acids is 8. The van der Waals surface area contributed by atoms with Gasteiger partial charge in [-0.3, -0.25) is 43.3 Å². The molecule has 0 radical (unpaired) electrons. The lowest BCUT2D eigenvalue weighted by Crippen LogP contribution is -2.42. The zero-order chi connectivity index (χ0) is 71.3. The molecule has 1 aliphatic rings. The minimum Gasteiger partial charge on any atom is -0.379 e. The number of nitrogens with zero attached hydrogens (tertiary/aromatic N) is 9. The molecule has 0 saturated heterocycles. The second kappa shape index (κ2) is 52.5. The Bertz CT molecular complexity index is 2850. The first-order valence-electron chi connectivity index (χ1n) is 33.2. The maximum absolute atomic E-state index is 13.0. The molecule has 0 fully saturated rings. The number of benzene rings is 2. The molecule has 0 aliphatic carbocycles. The zero-order valence-electron chi connectivity index (χ0n) is 57.0. The van der Waals surface area contributed by atoms with Gasteiger partial charge in [0.15, 0.2) is 11.6 Å². The van der Waals surface area contributed by atoms with Crippen LogP contribution in [-0.2, 0) is 108 Å². The second-order valence-electron chi connectivity index (χ2n) is 21.7. The van der Waals surface area contributed by atoms with Crippen LogP contribution >= 0.6 is 0 Å². The third-order valence-corrected chi connectivity index (χ3v) is 13.6. The zero-order valence-corrected chi connectivity index (χ0v) is 57.0. The van der Waals surface area contributed by atoms with Crippen molar-refractivity contribution in [3.8, 4) is 22.8 Å². The number of aryl methyl sites for hydroxylation is 2. The Morgan fingerprint density at radius 1 is 0.340 bits per heavy atom. The average Bonchev–Trinajstić information content (AvgIpc) is 1.63. The van der Waals surface area contributed by atoms with E-state index in [1.165, 1.54) is 12.2 Å². The van der Waals surface area contributed by atoms with Crippen molar-refractivity contribution in [2.75, 3.05) is 198 Å². The second-order valence-corrected chi connectivity index (χ2v) is 21.7. The number of aromatic nitrogens is 8. The van der Waals surface area contributed by atoms with Crippen molar-refractivity contribution in [3.05, 3.63) is 83.5 Å². The van der Waals surface area contributed by atoms with Gasteiger partial charge in [-0.25, -0.2) is 0 Å². The van der Waals surface area contributed by atoms with Gasteiger partial charge in [-0.15, -0.1) is 40.8 Å². The van der Waals surface area contributed by atoms with E-state index in [0.717, 1.165) is 27.2 Å². The van der Waals surface area contributed by atoms with E-state index < -0.39 is 17.9 Å². The van der Waals surface area contributed by atoms with Crippen molar-refractivity contribution in [2.45, 2.75) is 58.4 Å². The molecule has 100 heavy (non-hydrogen) atoms. The highest BCUT2D eigenvalue weighted by Gasteiger charge is 2.24. The van der Waals surface area contributed by atoms with E-state index in [-0.39, 0.29) is 166 Å². The fourth-order valence-electron chi connectivity index (χ4n) is 8.49. The fraction of sp³-hybridized carbons (Fsp3) is 0.600. The number of imide groups is 1. The van der Waals surface area contributed by atoms with Gasteiger partial charge >= 0.3 is 0 Å². The van der Waals surface area contributed by atoms with Gasteiger partial charge in [0.05, 0.1) is 177 Å². The number of hydrogen-bond donors (Lipinski definition) is 6. The van der Waals surface area contributed by atoms with Crippen LogP contribution in [-0.4, -0.2) is 297 Å². The Morgan fingerprint density at radius 2 is 0.620 bits per heavy atom. The highest BCUT2D eigenvalue weighted by Crippen LogP contribution is 2.16. The lowest BCUT2D eigenvalue weighted by atomic mass is 10.1. The van der Waals surface area contributed by atoms with E-state index >= 15 is 0 Å². The Kier molecular flexibility index (Phi) is 43.2. The maximum atomic E-state index is 13.0. The summed E-state index contributed by atoms with van der Waals surface area (Å²) >= 11 is 0. The first-order valence-corrected chi connectivity index (χ1v) is 33.2. The summed E-state index contributed by atoms with van der Waals surface area (Å²) in [5, 5.41) is 48.5. The summed E-state index contributed by atoms with van der Waals surface area (Å²) in [5.41, 5.74) is 3.18. The predicted octanol–water partition coefficient (Wildman–Crippen LogP) is -1.67. The molecule has 1 aliphatic heterocycles. The van der Waals surface area contributed by atoms with E-state index in [0.29, 0.717) is 129 Å². The van der Waals surface area contributed by atoms with E-state index in [1.54, 1.807) is 13.8 Å². The smallest absolute Gasteiger partial charge is 0.253 e. The van der Waals surface area contributed by atoms with Crippen LogP contribution in [0.4, 0.5) is 0 Å². The minimum absolute atomic E-state index is 0.00130. The van der Waals surface area contributed by atoms with Gasteiger partial charge in [-0.05, 0) is 25.0 Å². The Labute approximate surface area is 580 Å². The summed E-state index contributed by atoms with van der Waals surface area (Å²) in [6.45, 7) is 11.1. The van der Waals surface area contributed by atoms with Crippen molar-refractivity contribution in [1.82, 2.24) is 77.6 Å². The molecule has 2 aromatic heterocycles. The lowest BCUT2D eigenvalue weighted by Gasteiger charge is -2.19. The van der Waals surface area contributed by atoms with Crippen molar-refractivity contribution in [1.29, 1.82) is 0 Å². The third-order valence-electron chi connectivity index (χ3n) is 13.6. The standard InChI is InChI=1S/C65H95N15O20/c1-49-72-76-64(77-73-49)53-7-3-51(4-8-53)45-60(85)69-20-29-93-35-40-96-38-32-91-27-18-67-57(82)14-24-99-47-55(71-59(84)16-23-89-31-37-95-43-44-98-42-34-90-26-17-66-56(81)13-22-80-62(87)11-12-63(80)88)48-100-25-15-58(83)68-19-28-92-33-39-97-41-36-94-30-21-70-61(86)46-52-5-9-54(10-6-52)65-78-74-50(2)75-79-65/h3-12,55H,13-48H2,1-2H3,(H,66,81)(H,67,82)(H,68,83)(H,69,85)(H,70,86)(H,71,84). The van der Waals surface area contributed by atoms with Crippen LogP contribution in [0.5, 0.6) is 0 Å². The van der Waals surface area contributed by atoms with E-state index in [2.05, 4.69) is 72.7 Å². The minimum atomic E-state index is -0.604. The molecule has 0 bridgehead atoms. The molecule has 4 aromatic rings. The SMILES string of the molecule is Cc1nnc(-c2ccc(CC(=O)NCCOCCOCCOCCNC(=O)CCOCC(COCCC(=O)NCCOCCOCCOCCNC(=O)Cc3ccc(-c4nnc(C)nn4)cc3)NC(=O)CCOCCOCCOCCOCCNC(=O)CCN3C(=O)C=CC3=O)cc2)nn1. The molecule has 0 atom stereocenters. The van der Waals surface area contributed by atoms with Crippen molar-refractivity contribution < 1.29 is 95.2 Å². The summed E-state index contributed by atoms with van der Waals surface area (Å²) in [6, 6.07) is 14.0. The quantitative estimate of drug-likeness (QED) is 0.0213. The van der Waals surface area contributed by atoms with Gasteiger partial charge in [0.25, 0.3) is 11.8 Å². The Balaban J connectivity index is 0.836. The van der Waals surface area contributed by atoms with Crippen LogP contribution in [0, 0.1) is 13.8 Å². The molecule has 35 nitrogen and oxygen atoms in total. The Hall–Kier alpha value is -8.46. The number of carbonyl (C=O) groups is 8. The van der Waals surface area contributed by atoms with Gasteiger partial charge in [-0.1, -0.05) is 48.5 Å². The molecule has 6 N–H and O–H groups in total. The van der Waals surface area contributed by atoms with Crippen molar-refractivity contribution in [3.63, 3.8) is 0 Å². The molecular weight excluding hydrogens is 1310 g/mol. The van der Waals surface area contributed by atoms with Crippen molar-refractivity contribution in [2.24, 2.45) is 0 Å².